The van der Waals surface area contributed by atoms with Gasteiger partial charge in [-0.15, -0.1) is 0 Å². The van der Waals surface area contributed by atoms with Crippen LogP contribution in [0.2, 0.25) is 0 Å². The second kappa shape index (κ2) is 4.27. The second-order valence-corrected chi connectivity index (χ2v) is 4.90. The predicted molar refractivity (Wildman–Crippen MR) is 60.4 cm³/mol. The van der Waals surface area contributed by atoms with E-state index in [1.807, 2.05) is 6.20 Å². The van der Waals surface area contributed by atoms with Crippen LogP contribution in [0.25, 0.3) is 0 Å². The number of nitrogens with one attached hydrogen (secondary N) is 1. The molecule has 0 aromatic carbocycles. The summed E-state index contributed by atoms with van der Waals surface area (Å²) >= 11 is 0. The van der Waals surface area contributed by atoms with Gasteiger partial charge >= 0.3 is 0 Å². The Morgan fingerprint density at radius 1 is 1.47 bits per heavy atom. The molecule has 0 saturated heterocycles. The number of aromatic nitrogens is 2. The fourth-order valence-corrected chi connectivity index (χ4v) is 2.00. The van der Waals surface area contributed by atoms with E-state index in [-0.39, 0.29) is 0 Å². The summed E-state index contributed by atoms with van der Waals surface area (Å²) in [6.45, 7) is 5.59. The van der Waals surface area contributed by atoms with Gasteiger partial charge in [0, 0.05) is 31.2 Å². The van der Waals surface area contributed by atoms with Crippen molar-refractivity contribution in [1.29, 1.82) is 0 Å². The van der Waals surface area contributed by atoms with Gasteiger partial charge in [0.2, 0.25) is 0 Å². The number of rotatable bonds is 4. The Morgan fingerprint density at radius 2 is 2.27 bits per heavy atom. The van der Waals surface area contributed by atoms with E-state index in [4.69, 9.17) is 0 Å². The number of nitrogens with zero attached hydrogens (tertiary/aromatic N) is 2. The van der Waals surface area contributed by atoms with Crippen molar-refractivity contribution in [3.05, 3.63) is 24.3 Å². The summed E-state index contributed by atoms with van der Waals surface area (Å²) in [7, 11) is 0. The van der Waals surface area contributed by atoms with Gasteiger partial charge in [-0.25, -0.2) is 0 Å². The second-order valence-electron chi connectivity index (χ2n) is 4.90. The van der Waals surface area contributed by atoms with Gasteiger partial charge in [0.25, 0.3) is 0 Å². The highest BCUT2D eigenvalue weighted by Crippen LogP contribution is 2.39. The van der Waals surface area contributed by atoms with E-state index in [2.05, 4.69) is 29.1 Å². The molecule has 3 nitrogen and oxygen atoms in total. The molecule has 0 bridgehead atoms. The lowest BCUT2D eigenvalue weighted by atomic mass is 9.70. The van der Waals surface area contributed by atoms with E-state index < -0.39 is 0 Å². The lowest BCUT2D eigenvalue weighted by Crippen LogP contribution is -2.38. The Hall–Kier alpha value is -0.960. The molecule has 0 radical (unpaired) electrons. The van der Waals surface area contributed by atoms with Crippen molar-refractivity contribution in [2.75, 3.05) is 6.54 Å². The summed E-state index contributed by atoms with van der Waals surface area (Å²) in [6, 6.07) is 0.302. The zero-order chi connectivity index (χ0) is 10.7. The molecule has 1 saturated carbocycles. The monoisotopic (exact) mass is 205 g/mol. The molecule has 1 aliphatic carbocycles. The largest absolute Gasteiger partial charge is 0.308 e. The first kappa shape index (κ1) is 10.6. The lowest BCUT2D eigenvalue weighted by molar-refractivity contribution is 0.151. The molecule has 2 rings (SSSR count). The average molecular weight is 205 g/mol. The fraction of sp³-hybridized carbons (Fsp3) is 0.667. The molecule has 15 heavy (non-hydrogen) atoms. The first-order chi connectivity index (χ1) is 7.20. The molecule has 1 atom stereocenters. The predicted octanol–water partition coefficient (Wildman–Crippen LogP) is 2.32. The van der Waals surface area contributed by atoms with E-state index in [0.717, 1.165) is 12.2 Å². The Kier molecular flexibility index (Phi) is 3.00. The van der Waals surface area contributed by atoms with Gasteiger partial charge in [0.05, 0.1) is 5.69 Å². The molecule has 1 unspecified atom stereocenters. The van der Waals surface area contributed by atoms with E-state index in [9.17, 15) is 0 Å². The van der Waals surface area contributed by atoms with Crippen molar-refractivity contribution in [3.63, 3.8) is 0 Å². The van der Waals surface area contributed by atoms with Crippen LogP contribution in [0.5, 0.6) is 0 Å². The summed E-state index contributed by atoms with van der Waals surface area (Å²) in [5.41, 5.74) is 1.55. The summed E-state index contributed by atoms with van der Waals surface area (Å²) in [6.07, 6.45) is 9.39. The standard InChI is InChI=1S/C12H19N3/c1-10(11-8-13-6-7-14-11)15-9-12(2)4-3-5-12/h6-8,10,15H,3-5,9H2,1-2H3. The van der Waals surface area contributed by atoms with Crippen molar-refractivity contribution < 1.29 is 0 Å². The van der Waals surface area contributed by atoms with Gasteiger partial charge in [-0.2, -0.15) is 0 Å². The highest BCUT2D eigenvalue weighted by Gasteiger charge is 2.31. The minimum Gasteiger partial charge on any atom is -0.308 e. The van der Waals surface area contributed by atoms with Gasteiger partial charge in [-0.1, -0.05) is 13.3 Å². The topological polar surface area (TPSA) is 37.8 Å². The quantitative estimate of drug-likeness (QED) is 0.819. The lowest BCUT2D eigenvalue weighted by Gasteiger charge is -2.39. The average Bonchev–Trinajstić information content (AvgIpc) is 2.24. The van der Waals surface area contributed by atoms with E-state index in [1.165, 1.54) is 19.3 Å². The van der Waals surface area contributed by atoms with Crippen molar-refractivity contribution in [1.82, 2.24) is 15.3 Å². The highest BCUT2D eigenvalue weighted by atomic mass is 15.0. The van der Waals surface area contributed by atoms with Crippen LogP contribution in [0.15, 0.2) is 18.6 Å². The summed E-state index contributed by atoms with van der Waals surface area (Å²) in [4.78, 5) is 8.38. The molecule has 1 aliphatic rings. The van der Waals surface area contributed by atoms with Crippen molar-refractivity contribution >= 4 is 0 Å². The molecule has 3 heteroatoms. The highest BCUT2D eigenvalue weighted by molar-refractivity contribution is 5.01. The van der Waals surface area contributed by atoms with Crippen LogP contribution in [0.1, 0.15) is 44.8 Å². The molecule has 0 amide bonds. The SMILES string of the molecule is CC(NCC1(C)CCC1)c1cnccn1. The Bertz CT molecular complexity index is 306. The van der Waals surface area contributed by atoms with Gasteiger partial charge in [0.15, 0.2) is 0 Å². The van der Waals surface area contributed by atoms with Gasteiger partial charge in [-0.05, 0) is 25.2 Å². The van der Waals surface area contributed by atoms with Crippen LogP contribution in [0.4, 0.5) is 0 Å². The number of hydrogen-bond donors (Lipinski definition) is 1. The molecule has 1 fully saturated rings. The van der Waals surface area contributed by atoms with Crippen LogP contribution < -0.4 is 5.32 Å². The van der Waals surface area contributed by atoms with Crippen LogP contribution in [0.3, 0.4) is 0 Å². The molecule has 1 heterocycles. The van der Waals surface area contributed by atoms with Crippen molar-refractivity contribution in [3.8, 4) is 0 Å². The zero-order valence-electron chi connectivity index (χ0n) is 9.53. The first-order valence-corrected chi connectivity index (χ1v) is 5.69. The van der Waals surface area contributed by atoms with Gasteiger partial charge in [0.1, 0.15) is 0 Å². The van der Waals surface area contributed by atoms with E-state index >= 15 is 0 Å². The van der Waals surface area contributed by atoms with Crippen LogP contribution in [0, 0.1) is 5.41 Å². The fourth-order valence-electron chi connectivity index (χ4n) is 2.00. The maximum Gasteiger partial charge on any atom is 0.0753 e. The third kappa shape index (κ3) is 2.53. The third-order valence-corrected chi connectivity index (χ3v) is 3.42. The minimum absolute atomic E-state index is 0.302. The third-order valence-electron chi connectivity index (χ3n) is 3.42. The Labute approximate surface area is 91.3 Å². The molecule has 82 valence electrons. The smallest absolute Gasteiger partial charge is 0.0753 e. The van der Waals surface area contributed by atoms with Gasteiger partial charge in [-0.3, -0.25) is 9.97 Å². The maximum atomic E-state index is 4.30. The zero-order valence-corrected chi connectivity index (χ0v) is 9.53. The normalized spacial score (nSPS) is 20.7. The molecule has 1 aromatic rings. The Morgan fingerprint density at radius 3 is 2.80 bits per heavy atom. The van der Waals surface area contributed by atoms with Crippen LogP contribution in [-0.4, -0.2) is 16.5 Å². The molecule has 0 aliphatic heterocycles. The van der Waals surface area contributed by atoms with E-state index in [1.54, 1.807) is 12.4 Å². The summed E-state index contributed by atoms with van der Waals surface area (Å²) < 4.78 is 0. The Balaban J connectivity index is 1.85. The first-order valence-electron chi connectivity index (χ1n) is 5.69. The molecule has 1 aromatic heterocycles. The van der Waals surface area contributed by atoms with Crippen LogP contribution in [-0.2, 0) is 0 Å². The minimum atomic E-state index is 0.302. The summed E-state index contributed by atoms with van der Waals surface area (Å²) in [5.74, 6) is 0. The van der Waals surface area contributed by atoms with Crippen molar-refractivity contribution in [2.24, 2.45) is 5.41 Å². The number of hydrogen-bond acceptors (Lipinski definition) is 3. The summed E-state index contributed by atoms with van der Waals surface area (Å²) in [5, 5.41) is 3.54. The van der Waals surface area contributed by atoms with E-state index in [0.29, 0.717) is 11.5 Å². The van der Waals surface area contributed by atoms with Crippen LogP contribution >= 0.6 is 0 Å². The van der Waals surface area contributed by atoms with Crippen molar-refractivity contribution in [2.45, 2.75) is 39.2 Å². The molecular formula is C12H19N3. The van der Waals surface area contributed by atoms with Gasteiger partial charge < -0.3 is 5.32 Å². The molecular weight excluding hydrogens is 186 g/mol. The molecule has 0 spiro atoms. The maximum absolute atomic E-state index is 4.30. The molecule has 1 N–H and O–H groups in total.